The molecule has 0 aromatic carbocycles. The zero-order chi connectivity index (χ0) is 10.1. The van der Waals surface area contributed by atoms with E-state index in [0.717, 1.165) is 13.0 Å². The van der Waals surface area contributed by atoms with Crippen molar-refractivity contribution >= 4 is 5.91 Å². The molecule has 4 heteroatoms. The van der Waals surface area contributed by atoms with Crippen LogP contribution in [-0.2, 0) is 9.53 Å². The van der Waals surface area contributed by atoms with Gasteiger partial charge in [0.1, 0.15) is 0 Å². The van der Waals surface area contributed by atoms with Crippen LogP contribution in [0.5, 0.6) is 0 Å². The number of hydrogen-bond acceptors (Lipinski definition) is 3. The number of nitrogens with one attached hydrogen (secondary N) is 1. The number of carbonyl (C=O) groups excluding carboxylic acids is 1. The maximum atomic E-state index is 10.8. The lowest BCUT2D eigenvalue weighted by atomic mass is 9.98. The van der Waals surface area contributed by atoms with E-state index in [4.69, 9.17) is 10.5 Å². The van der Waals surface area contributed by atoms with Crippen LogP contribution in [-0.4, -0.2) is 30.2 Å². The molecule has 0 saturated carbocycles. The maximum absolute atomic E-state index is 10.8. The van der Waals surface area contributed by atoms with Gasteiger partial charge in [-0.1, -0.05) is 0 Å². The highest BCUT2D eigenvalue weighted by molar-refractivity contribution is 5.79. The van der Waals surface area contributed by atoms with E-state index in [1.54, 1.807) is 6.92 Å². The van der Waals surface area contributed by atoms with Crippen LogP contribution in [0.2, 0.25) is 0 Å². The Morgan fingerprint density at radius 3 is 2.69 bits per heavy atom. The molecule has 0 aromatic rings. The van der Waals surface area contributed by atoms with Gasteiger partial charge in [-0.3, -0.25) is 4.79 Å². The van der Waals surface area contributed by atoms with E-state index >= 15 is 0 Å². The highest BCUT2D eigenvalue weighted by atomic mass is 16.5. The van der Waals surface area contributed by atoms with Gasteiger partial charge in [0, 0.05) is 12.6 Å². The molecule has 1 aliphatic rings. The second-order valence-corrected chi connectivity index (χ2v) is 4.08. The lowest BCUT2D eigenvalue weighted by Crippen LogP contribution is -2.51. The molecule has 1 saturated heterocycles. The molecule has 0 aliphatic carbocycles. The Morgan fingerprint density at radius 1 is 1.69 bits per heavy atom. The predicted octanol–water partition coefficient (Wildman–Crippen LogP) is 0.0173. The predicted molar refractivity (Wildman–Crippen MR) is 50.2 cm³/mol. The number of amides is 1. The van der Waals surface area contributed by atoms with Gasteiger partial charge < -0.3 is 15.8 Å². The van der Waals surface area contributed by atoms with Crippen molar-refractivity contribution in [3.63, 3.8) is 0 Å². The monoisotopic (exact) mass is 186 g/mol. The molecule has 0 radical (unpaired) electrons. The molecule has 76 valence electrons. The van der Waals surface area contributed by atoms with Crippen LogP contribution in [0, 0.1) is 0 Å². The molecule has 13 heavy (non-hydrogen) atoms. The maximum Gasteiger partial charge on any atom is 0.234 e. The SMILES string of the molecule is CC(NC1CCOC1(C)C)C(N)=O. The molecule has 0 spiro atoms. The van der Waals surface area contributed by atoms with Gasteiger partial charge in [-0.05, 0) is 27.2 Å². The Bertz CT molecular complexity index is 204. The van der Waals surface area contributed by atoms with E-state index in [1.165, 1.54) is 0 Å². The fourth-order valence-electron chi connectivity index (χ4n) is 1.56. The number of rotatable bonds is 3. The highest BCUT2D eigenvalue weighted by Crippen LogP contribution is 2.25. The van der Waals surface area contributed by atoms with Crippen molar-refractivity contribution in [1.29, 1.82) is 0 Å². The summed E-state index contributed by atoms with van der Waals surface area (Å²) in [6, 6.07) is -0.0685. The molecule has 3 N–H and O–H groups in total. The van der Waals surface area contributed by atoms with Crippen LogP contribution in [0.15, 0.2) is 0 Å². The summed E-state index contributed by atoms with van der Waals surface area (Å²) >= 11 is 0. The molecule has 0 bridgehead atoms. The molecule has 1 amide bonds. The van der Waals surface area contributed by atoms with Gasteiger partial charge in [-0.2, -0.15) is 0 Å². The minimum atomic E-state index is -0.317. The molecule has 2 unspecified atom stereocenters. The Hall–Kier alpha value is -0.610. The summed E-state index contributed by atoms with van der Waals surface area (Å²) in [5, 5.41) is 3.17. The summed E-state index contributed by atoms with van der Waals surface area (Å²) in [5.74, 6) is -0.317. The van der Waals surface area contributed by atoms with Crippen molar-refractivity contribution in [3.05, 3.63) is 0 Å². The van der Waals surface area contributed by atoms with Crippen LogP contribution in [0.4, 0.5) is 0 Å². The quantitative estimate of drug-likeness (QED) is 0.653. The first-order valence-corrected chi connectivity index (χ1v) is 4.63. The molecular formula is C9H18N2O2. The first kappa shape index (κ1) is 10.5. The number of nitrogens with two attached hydrogens (primary N) is 1. The lowest BCUT2D eigenvalue weighted by molar-refractivity contribution is -0.120. The van der Waals surface area contributed by atoms with Gasteiger partial charge in [0.05, 0.1) is 11.6 Å². The van der Waals surface area contributed by atoms with Crippen LogP contribution in [0.3, 0.4) is 0 Å². The summed E-state index contributed by atoms with van der Waals surface area (Å²) in [6.07, 6.45) is 0.935. The standard InChI is InChI=1S/C9H18N2O2/c1-6(8(10)12)11-7-4-5-13-9(7,2)3/h6-7,11H,4-5H2,1-3H3,(H2,10,12). The minimum Gasteiger partial charge on any atom is -0.374 e. The molecule has 1 fully saturated rings. The molecule has 0 aromatic heterocycles. The molecule has 1 rings (SSSR count). The van der Waals surface area contributed by atoms with Crippen molar-refractivity contribution < 1.29 is 9.53 Å². The molecule has 1 heterocycles. The van der Waals surface area contributed by atoms with E-state index in [-0.39, 0.29) is 23.6 Å². The van der Waals surface area contributed by atoms with Crippen LogP contribution < -0.4 is 11.1 Å². The third kappa shape index (κ3) is 2.42. The fourth-order valence-corrected chi connectivity index (χ4v) is 1.56. The van der Waals surface area contributed by atoms with Gasteiger partial charge in [0.2, 0.25) is 5.91 Å². The number of primary amides is 1. The van der Waals surface area contributed by atoms with E-state index < -0.39 is 0 Å². The highest BCUT2D eigenvalue weighted by Gasteiger charge is 2.36. The summed E-state index contributed by atoms with van der Waals surface area (Å²) in [4.78, 5) is 10.8. The van der Waals surface area contributed by atoms with Crippen LogP contribution in [0.1, 0.15) is 27.2 Å². The molecule has 4 nitrogen and oxygen atoms in total. The number of carbonyl (C=O) groups is 1. The van der Waals surface area contributed by atoms with E-state index in [2.05, 4.69) is 5.32 Å². The van der Waals surface area contributed by atoms with Crippen molar-refractivity contribution in [2.75, 3.05) is 6.61 Å². The van der Waals surface area contributed by atoms with E-state index in [9.17, 15) is 4.79 Å². The third-order valence-corrected chi connectivity index (χ3v) is 2.60. The summed E-state index contributed by atoms with van der Waals surface area (Å²) < 4.78 is 5.52. The lowest BCUT2D eigenvalue weighted by Gasteiger charge is -2.28. The largest absolute Gasteiger partial charge is 0.374 e. The zero-order valence-electron chi connectivity index (χ0n) is 8.46. The molecule has 2 atom stereocenters. The minimum absolute atomic E-state index is 0.191. The van der Waals surface area contributed by atoms with Gasteiger partial charge in [-0.25, -0.2) is 0 Å². The molecule has 1 aliphatic heterocycles. The fraction of sp³-hybridized carbons (Fsp3) is 0.889. The smallest absolute Gasteiger partial charge is 0.234 e. The van der Waals surface area contributed by atoms with Crippen molar-refractivity contribution in [2.24, 2.45) is 5.73 Å². The van der Waals surface area contributed by atoms with Crippen LogP contribution >= 0.6 is 0 Å². The van der Waals surface area contributed by atoms with Crippen molar-refractivity contribution in [2.45, 2.75) is 44.9 Å². The van der Waals surface area contributed by atoms with E-state index in [0.29, 0.717) is 0 Å². The Labute approximate surface area is 78.8 Å². The average Bonchev–Trinajstić information content (AvgIpc) is 2.30. The van der Waals surface area contributed by atoms with Gasteiger partial charge in [0.15, 0.2) is 0 Å². The Kier molecular flexibility index (Phi) is 2.93. The summed E-state index contributed by atoms with van der Waals surface area (Å²) in [6.45, 7) is 6.56. The zero-order valence-corrected chi connectivity index (χ0v) is 8.46. The Morgan fingerprint density at radius 2 is 2.31 bits per heavy atom. The number of ether oxygens (including phenoxy) is 1. The van der Waals surface area contributed by atoms with Gasteiger partial charge in [0.25, 0.3) is 0 Å². The van der Waals surface area contributed by atoms with E-state index in [1.807, 2.05) is 13.8 Å². The normalized spacial score (nSPS) is 28.7. The second-order valence-electron chi connectivity index (χ2n) is 4.08. The second kappa shape index (κ2) is 3.64. The van der Waals surface area contributed by atoms with Crippen molar-refractivity contribution in [3.8, 4) is 0 Å². The van der Waals surface area contributed by atoms with Crippen LogP contribution in [0.25, 0.3) is 0 Å². The topological polar surface area (TPSA) is 64.3 Å². The van der Waals surface area contributed by atoms with Gasteiger partial charge in [-0.15, -0.1) is 0 Å². The van der Waals surface area contributed by atoms with Crippen molar-refractivity contribution in [1.82, 2.24) is 5.32 Å². The number of hydrogen-bond donors (Lipinski definition) is 2. The summed E-state index contributed by atoms with van der Waals surface area (Å²) in [7, 11) is 0. The average molecular weight is 186 g/mol. The van der Waals surface area contributed by atoms with Gasteiger partial charge >= 0.3 is 0 Å². The third-order valence-electron chi connectivity index (χ3n) is 2.60. The Balaban J connectivity index is 2.49. The summed E-state index contributed by atoms with van der Waals surface area (Å²) in [5.41, 5.74) is 4.97. The molecular weight excluding hydrogens is 168 g/mol. The first-order valence-electron chi connectivity index (χ1n) is 4.63. The first-order chi connectivity index (χ1) is 5.93.